The first-order chi connectivity index (χ1) is 8.18. The SMILES string of the molecule is CC(C)c1n[nH]c(=S)n1C1C2C3CCC(C3)C21. The Morgan fingerprint density at radius 2 is 1.94 bits per heavy atom. The van der Waals surface area contributed by atoms with E-state index in [1.54, 1.807) is 0 Å². The Labute approximate surface area is 107 Å². The van der Waals surface area contributed by atoms with Crippen molar-refractivity contribution in [1.82, 2.24) is 14.8 Å². The lowest BCUT2D eigenvalue weighted by Crippen LogP contribution is -2.10. The smallest absolute Gasteiger partial charge is 0.195 e. The standard InChI is InChI=1S/C13H19N3S/c1-6(2)12-14-15-13(17)16(12)11-9-7-3-4-8(5-7)10(9)11/h6-11H,3-5H2,1-2H3,(H,15,17). The zero-order valence-electron chi connectivity index (χ0n) is 10.4. The van der Waals surface area contributed by atoms with Crippen molar-refractivity contribution in [3.63, 3.8) is 0 Å². The van der Waals surface area contributed by atoms with E-state index in [1.165, 1.54) is 19.3 Å². The Morgan fingerprint density at radius 3 is 2.53 bits per heavy atom. The van der Waals surface area contributed by atoms with Gasteiger partial charge in [-0.15, -0.1) is 0 Å². The molecule has 0 radical (unpaired) electrons. The Hall–Kier alpha value is -0.640. The van der Waals surface area contributed by atoms with Gasteiger partial charge in [-0.2, -0.15) is 5.10 Å². The van der Waals surface area contributed by atoms with Crippen LogP contribution in [0.5, 0.6) is 0 Å². The summed E-state index contributed by atoms with van der Waals surface area (Å²) in [6.07, 6.45) is 4.42. The fourth-order valence-corrected chi connectivity index (χ4v) is 4.90. The molecule has 0 spiro atoms. The second-order valence-electron chi connectivity index (χ2n) is 6.39. The van der Waals surface area contributed by atoms with E-state index in [-0.39, 0.29) is 0 Å². The number of nitrogens with one attached hydrogen (secondary N) is 1. The molecule has 92 valence electrons. The van der Waals surface area contributed by atoms with E-state index in [1.807, 2.05) is 0 Å². The predicted molar refractivity (Wildman–Crippen MR) is 68.3 cm³/mol. The van der Waals surface area contributed by atoms with E-state index in [4.69, 9.17) is 12.2 Å². The largest absolute Gasteiger partial charge is 0.300 e. The van der Waals surface area contributed by atoms with Crippen LogP contribution in [-0.4, -0.2) is 14.8 Å². The van der Waals surface area contributed by atoms with Crippen LogP contribution in [0.25, 0.3) is 0 Å². The molecule has 1 N–H and O–H groups in total. The second-order valence-corrected chi connectivity index (χ2v) is 6.78. The lowest BCUT2D eigenvalue weighted by Gasteiger charge is -2.13. The average Bonchev–Trinajstić information content (AvgIpc) is 2.69. The Morgan fingerprint density at radius 1 is 1.29 bits per heavy atom. The number of hydrogen-bond donors (Lipinski definition) is 1. The summed E-state index contributed by atoms with van der Waals surface area (Å²) in [5, 5.41) is 7.42. The zero-order valence-corrected chi connectivity index (χ0v) is 11.2. The predicted octanol–water partition coefficient (Wildman–Crippen LogP) is 3.28. The van der Waals surface area contributed by atoms with Gasteiger partial charge in [0.2, 0.25) is 0 Å². The van der Waals surface area contributed by atoms with Crippen molar-refractivity contribution in [3.05, 3.63) is 10.6 Å². The van der Waals surface area contributed by atoms with Crippen LogP contribution >= 0.6 is 12.2 Å². The lowest BCUT2D eigenvalue weighted by atomic mass is 10.0. The number of nitrogens with zero attached hydrogens (tertiary/aromatic N) is 2. The third-order valence-corrected chi connectivity index (χ3v) is 5.53. The molecule has 2 bridgehead atoms. The fourth-order valence-electron chi connectivity index (χ4n) is 4.64. The van der Waals surface area contributed by atoms with Crippen molar-refractivity contribution in [2.45, 2.75) is 45.1 Å². The minimum absolute atomic E-state index is 0.460. The van der Waals surface area contributed by atoms with E-state index < -0.39 is 0 Å². The van der Waals surface area contributed by atoms with E-state index in [2.05, 4.69) is 28.6 Å². The van der Waals surface area contributed by atoms with E-state index in [9.17, 15) is 0 Å². The van der Waals surface area contributed by atoms with Gasteiger partial charge in [-0.05, 0) is 55.2 Å². The molecule has 17 heavy (non-hydrogen) atoms. The highest BCUT2D eigenvalue weighted by molar-refractivity contribution is 7.71. The van der Waals surface area contributed by atoms with Gasteiger partial charge < -0.3 is 4.57 Å². The summed E-state index contributed by atoms with van der Waals surface area (Å²) in [5.74, 6) is 5.46. The maximum atomic E-state index is 5.43. The van der Waals surface area contributed by atoms with Crippen molar-refractivity contribution in [3.8, 4) is 0 Å². The van der Waals surface area contributed by atoms with Gasteiger partial charge in [0, 0.05) is 12.0 Å². The summed E-state index contributed by atoms with van der Waals surface area (Å²) in [6.45, 7) is 4.41. The van der Waals surface area contributed by atoms with Crippen molar-refractivity contribution in [1.29, 1.82) is 0 Å². The zero-order chi connectivity index (χ0) is 11.7. The number of aromatic amines is 1. The van der Waals surface area contributed by atoms with Crippen LogP contribution in [0, 0.1) is 28.4 Å². The number of H-pyrrole nitrogens is 1. The molecule has 3 saturated carbocycles. The number of aromatic nitrogens is 3. The quantitative estimate of drug-likeness (QED) is 0.816. The van der Waals surface area contributed by atoms with Crippen LogP contribution in [0.4, 0.5) is 0 Å². The number of rotatable bonds is 2. The first-order valence-electron chi connectivity index (χ1n) is 6.85. The van der Waals surface area contributed by atoms with Crippen LogP contribution in [-0.2, 0) is 0 Å². The molecule has 1 aromatic rings. The normalized spacial score (nSPS) is 42.2. The topological polar surface area (TPSA) is 33.6 Å². The minimum Gasteiger partial charge on any atom is -0.300 e. The highest BCUT2D eigenvalue weighted by Gasteiger charge is 2.66. The fraction of sp³-hybridized carbons (Fsp3) is 0.846. The lowest BCUT2D eigenvalue weighted by molar-refractivity contribution is 0.439. The minimum atomic E-state index is 0.460. The molecule has 0 saturated heterocycles. The number of fused-ring (bicyclic) bond motifs is 5. The molecule has 0 aliphatic heterocycles. The van der Waals surface area contributed by atoms with Gasteiger partial charge >= 0.3 is 0 Å². The average molecular weight is 249 g/mol. The summed E-state index contributed by atoms with van der Waals surface area (Å²) in [5.41, 5.74) is 0. The maximum absolute atomic E-state index is 5.43. The molecule has 1 heterocycles. The van der Waals surface area contributed by atoms with Crippen LogP contribution < -0.4 is 0 Å². The molecular weight excluding hydrogens is 230 g/mol. The highest BCUT2D eigenvalue weighted by atomic mass is 32.1. The van der Waals surface area contributed by atoms with Crippen LogP contribution in [0.2, 0.25) is 0 Å². The highest BCUT2D eigenvalue weighted by Crippen LogP contribution is 2.71. The van der Waals surface area contributed by atoms with Gasteiger partial charge in [-0.3, -0.25) is 5.10 Å². The molecule has 3 aliphatic carbocycles. The summed E-state index contributed by atoms with van der Waals surface area (Å²) in [7, 11) is 0. The first kappa shape index (κ1) is 10.3. The molecule has 4 rings (SSSR count). The van der Waals surface area contributed by atoms with Crippen molar-refractivity contribution >= 4 is 12.2 Å². The molecule has 3 fully saturated rings. The van der Waals surface area contributed by atoms with Crippen LogP contribution in [0.15, 0.2) is 0 Å². The van der Waals surface area contributed by atoms with Crippen LogP contribution in [0.3, 0.4) is 0 Å². The molecule has 4 unspecified atom stereocenters. The summed E-state index contributed by atoms with van der Waals surface area (Å²) < 4.78 is 3.19. The monoisotopic (exact) mass is 249 g/mol. The molecule has 3 nitrogen and oxygen atoms in total. The molecule has 3 aliphatic rings. The van der Waals surface area contributed by atoms with Crippen LogP contribution in [0.1, 0.15) is 50.9 Å². The molecule has 4 atom stereocenters. The Bertz CT molecular complexity index is 499. The van der Waals surface area contributed by atoms with Gasteiger partial charge in [0.05, 0.1) is 0 Å². The van der Waals surface area contributed by atoms with Gasteiger partial charge in [-0.25, -0.2) is 0 Å². The van der Waals surface area contributed by atoms with Gasteiger partial charge in [0.25, 0.3) is 0 Å². The molecule has 4 heteroatoms. The second kappa shape index (κ2) is 3.22. The Kier molecular flexibility index (Phi) is 1.95. The van der Waals surface area contributed by atoms with Gasteiger partial charge in [0.15, 0.2) is 4.77 Å². The van der Waals surface area contributed by atoms with E-state index in [0.29, 0.717) is 12.0 Å². The summed E-state index contributed by atoms with van der Waals surface area (Å²) in [6, 6.07) is 0.685. The third-order valence-electron chi connectivity index (χ3n) is 5.24. The molecular formula is C13H19N3S. The summed E-state index contributed by atoms with van der Waals surface area (Å²) >= 11 is 5.43. The maximum Gasteiger partial charge on any atom is 0.195 e. The van der Waals surface area contributed by atoms with E-state index >= 15 is 0 Å². The summed E-state index contributed by atoms with van der Waals surface area (Å²) in [4.78, 5) is 0. The van der Waals surface area contributed by atoms with E-state index in [0.717, 1.165) is 34.3 Å². The third kappa shape index (κ3) is 1.22. The first-order valence-corrected chi connectivity index (χ1v) is 7.26. The Balaban J connectivity index is 1.74. The van der Waals surface area contributed by atoms with Crippen molar-refractivity contribution in [2.24, 2.45) is 23.7 Å². The van der Waals surface area contributed by atoms with Crippen molar-refractivity contribution < 1.29 is 0 Å². The molecule has 0 amide bonds. The molecule has 0 aromatic carbocycles. The van der Waals surface area contributed by atoms with Crippen molar-refractivity contribution in [2.75, 3.05) is 0 Å². The van der Waals surface area contributed by atoms with Gasteiger partial charge in [0.1, 0.15) is 5.82 Å². The molecule has 1 aromatic heterocycles. The van der Waals surface area contributed by atoms with Gasteiger partial charge in [-0.1, -0.05) is 13.8 Å². The number of hydrogen-bond acceptors (Lipinski definition) is 2.